The summed E-state index contributed by atoms with van der Waals surface area (Å²) in [6.45, 7) is 3.59. The van der Waals surface area contributed by atoms with Crippen LogP contribution in [0.15, 0.2) is 50.7 Å². The second-order valence-corrected chi connectivity index (χ2v) is 9.33. The van der Waals surface area contributed by atoms with Crippen LogP contribution in [-0.4, -0.2) is 36.3 Å². The van der Waals surface area contributed by atoms with Gasteiger partial charge in [0.2, 0.25) is 0 Å². The van der Waals surface area contributed by atoms with Crippen molar-refractivity contribution in [3.05, 3.63) is 81.2 Å². The molecule has 1 aliphatic heterocycles. The maximum Gasteiger partial charge on any atom is 0.338 e. The number of thiazole rings is 1. The summed E-state index contributed by atoms with van der Waals surface area (Å²) in [6, 6.07) is 5.65. The molecule has 0 fully saturated rings. The minimum atomic E-state index is -0.715. The average Bonchev–Trinajstić information content (AvgIpc) is 3.46. The normalized spacial score (nSPS) is 15.4. The third kappa shape index (κ3) is 4.37. The van der Waals surface area contributed by atoms with Crippen molar-refractivity contribution in [3.63, 3.8) is 0 Å². The number of nitro benzene ring substituents is 1. The monoisotopic (exact) mass is 515 g/mol. The van der Waals surface area contributed by atoms with Gasteiger partial charge in [0.05, 0.1) is 53.2 Å². The maximum absolute atomic E-state index is 13.6. The molecule has 0 aliphatic carbocycles. The number of esters is 1. The molecular weight excluding hydrogens is 494 g/mol. The van der Waals surface area contributed by atoms with Gasteiger partial charge in [-0.2, -0.15) is 0 Å². The van der Waals surface area contributed by atoms with E-state index in [1.807, 2.05) is 17.5 Å². The fourth-order valence-electron chi connectivity index (χ4n) is 3.81. The number of aromatic nitrogens is 1. The number of carbonyl (C=O) groups excluding carboxylic acids is 1. The van der Waals surface area contributed by atoms with E-state index in [0.717, 1.165) is 16.2 Å². The van der Waals surface area contributed by atoms with Gasteiger partial charge in [0.15, 0.2) is 16.3 Å². The van der Waals surface area contributed by atoms with Gasteiger partial charge in [-0.15, -0.1) is 11.3 Å². The van der Waals surface area contributed by atoms with Gasteiger partial charge in [0, 0.05) is 4.88 Å². The zero-order chi connectivity index (χ0) is 25.3. The van der Waals surface area contributed by atoms with E-state index < -0.39 is 22.5 Å². The fourth-order valence-corrected chi connectivity index (χ4v) is 5.67. The average molecular weight is 516 g/mol. The predicted molar refractivity (Wildman–Crippen MR) is 131 cm³/mol. The van der Waals surface area contributed by atoms with Crippen LogP contribution in [0.2, 0.25) is 0 Å². The van der Waals surface area contributed by atoms with Crippen LogP contribution in [0.25, 0.3) is 6.08 Å². The van der Waals surface area contributed by atoms with Gasteiger partial charge >= 0.3 is 5.97 Å². The Hall–Kier alpha value is -3.77. The van der Waals surface area contributed by atoms with E-state index in [9.17, 15) is 19.7 Å². The molecule has 12 heteroatoms. The van der Waals surface area contributed by atoms with E-state index in [1.54, 1.807) is 13.8 Å². The Balaban J connectivity index is 1.97. The molecule has 2 aromatic heterocycles. The number of allylic oxidation sites excluding steroid dienone is 1. The fraction of sp³-hybridized carbons (Fsp3) is 0.261. The highest BCUT2D eigenvalue weighted by Crippen LogP contribution is 2.35. The van der Waals surface area contributed by atoms with Gasteiger partial charge in [0.25, 0.3) is 11.2 Å². The van der Waals surface area contributed by atoms with E-state index >= 15 is 0 Å². The minimum absolute atomic E-state index is 0.173. The highest BCUT2D eigenvalue weighted by Gasteiger charge is 2.34. The summed E-state index contributed by atoms with van der Waals surface area (Å²) < 4.78 is 17.4. The number of methoxy groups -OCH3 is 2. The number of hydrogen-bond acceptors (Lipinski definition) is 10. The Bertz CT molecular complexity index is 1520. The first kappa shape index (κ1) is 24.4. The van der Waals surface area contributed by atoms with Crippen LogP contribution in [0.1, 0.15) is 30.3 Å². The number of nitrogens with zero attached hydrogens (tertiary/aromatic N) is 3. The Morgan fingerprint density at radius 1 is 1.29 bits per heavy atom. The molecule has 0 saturated carbocycles. The molecule has 10 nitrogen and oxygen atoms in total. The number of carbonyl (C=O) groups is 1. The van der Waals surface area contributed by atoms with Crippen LogP contribution < -0.4 is 24.4 Å². The molecule has 3 aromatic rings. The summed E-state index contributed by atoms with van der Waals surface area (Å²) in [6.07, 6.45) is 1.43. The standard InChI is InChI=1S/C23H21N3O7S2/c1-5-33-22(28)19-12(2)24-23-25(20(19)17-7-6-8-34-17)21(27)18(35-23)10-13-9-15(31-3)16(32-4)11-14(13)26(29)30/h6-11,20H,5H2,1-4H3/b18-10+/t20-/m0/s1. The zero-order valence-corrected chi connectivity index (χ0v) is 20.9. The van der Waals surface area contributed by atoms with E-state index in [4.69, 9.17) is 14.2 Å². The second kappa shape index (κ2) is 9.84. The van der Waals surface area contributed by atoms with Gasteiger partial charge in [-0.3, -0.25) is 19.5 Å². The molecule has 0 saturated heterocycles. The largest absolute Gasteiger partial charge is 0.493 e. The third-order valence-corrected chi connectivity index (χ3v) is 7.25. The molecule has 0 unspecified atom stereocenters. The van der Waals surface area contributed by atoms with Crippen LogP contribution in [0.5, 0.6) is 11.5 Å². The first-order valence-corrected chi connectivity index (χ1v) is 12.1. The van der Waals surface area contributed by atoms with Crippen molar-refractivity contribution in [2.24, 2.45) is 4.99 Å². The van der Waals surface area contributed by atoms with Crippen molar-refractivity contribution < 1.29 is 23.9 Å². The SMILES string of the molecule is CCOC(=O)C1=C(C)N=c2s/c(=C/c3cc(OC)c(OC)cc3[N+](=O)[O-])c(=O)n2[C@H]1c1cccs1. The van der Waals surface area contributed by atoms with Crippen LogP contribution in [0.3, 0.4) is 0 Å². The summed E-state index contributed by atoms with van der Waals surface area (Å²) in [5, 5.41) is 13.6. The van der Waals surface area contributed by atoms with E-state index in [2.05, 4.69) is 4.99 Å². The number of rotatable bonds is 7. The summed E-state index contributed by atoms with van der Waals surface area (Å²) in [5.41, 5.74) is 0.237. The number of ether oxygens (including phenoxy) is 3. The molecule has 3 heterocycles. The molecule has 1 atom stereocenters. The van der Waals surface area contributed by atoms with Crippen molar-refractivity contribution in [1.82, 2.24) is 4.57 Å². The highest BCUT2D eigenvalue weighted by molar-refractivity contribution is 7.10. The van der Waals surface area contributed by atoms with Crippen molar-refractivity contribution in [2.45, 2.75) is 19.9 Å². The first-order chi connectivity index (χ1) is 16.8. The summed E-state index contributed by atoms with van der Waals surface area (Å²) in [5.74, 6) is -0.0591. The lowest BCUT2D eigenvalue weighted by Crippen LogP contribution is -2.39. The van der Waals surface area contributed by atoms with E-state index in [1.165, 1.54) is 48.3 Å². The summed E-state index contributed by atoms with van der Waals surface area (Å²) in [7, 11) is 2.80. The quantitative estimate of drug-likeness (QED) is 0.269. The zero-order valence-electron chi connectivity index (χ0n) is 19.3. The second-order valence-electron chi connectivity index (χ2n) is 7.34. The molecular formula is C23H21N3O7S2. The smallest absolute Gasteiger partial charge is 0.338 e. The molecule has 35 heavy (non-hydrogen) atoms. The number of fused-ring (bicyclic) bond motifs is 1. The first-order valence-electron chi connectivity index (χ1n) is 10.4. The van der Waals surface area contributed by atoms with Crippen LogP contribution >= 0.6 is 22.7 Å². The van der Waals surface area contributed by atoms with Gasteiger partial charge in [-0.1, -0.05) is 17.4 Å². The minimum Gasteiger partial charge on any atom is -0.493 e. The van der Waals surface area contributed by atoms with Crippen molar-refractivity contribution in [3.8, 4) is 11.5 Å². The molecule has 0 N–H and O–H groups in total. The summed E-state index contributed by atoms with van der Waals surface area (Å²) in [4.78, 5) is 43.3. The number of thiophene rings is 1. The van der Waals surface area contributed by atoms with Crippen LogP contribution in [0.4, 0.5) is 5.69 Å². The number of nitro groups is 1. The Kier molecular flexibility index (Phi) is 6.85. The molecule has 0 bridgehead atoms. The van der Waals surface area contributed by atoms with Crippen LogP contribution in [0, 0.1) is 10.1 Å². The number of hydrogen-bond donors (Lipinski definition) is 0. The lowest BCUT2D eigenvalue weighted by atomic mass is 10.0. The molecule has 182 valence electrons. The molecule has 0 spiro atoms. The number of benzene rings is 1. The van der Waals surface area contributed by atoms with Gasteiger partial charge in [-0.25, -0.2) is 9.79 Å². The highest BCUT2D eigenvalue weighted by atomic mass is 32.1. The maximum atomic E-state index is 13.6. The Morgan fingerprint density at radius 2 is 2.00 bits per heavy atom. The molecule has 1 aromatic carbocycles. The van der Waals surface area contributed by atoms with Gasteiger partial charge in [0.1, 0.15) is 6.04 Å². The molecule has 0 amide bonds. The van der Waals surface area contributed by atoms with Crippen molar-refractivity contribution in [2.75, 3.05) is 20.8 Å². The van der Waals surface area contributed by atoms with Crippen molar-refractivity contribution in [1.29, 1.82) is 0 Å². The van der Waals surface area contributed by atoms with Crippen molar-refractivity contribution >= 4 is 40.4 Å². The van der Waals surface area contributed by atoms with E-state index in [-0.39, 0.29) is 39.5 Å². The summed E-state index contributed by atoms with van der Waals surface area (Å²) >= 11 is 2.49. The topological polar surface area (TPSA) is 122 Å². The lowest BCUT2D eigenvalue weighted by Gasteiger charge is -2.23. The van der Waals surface area contributed by atoms with E-state index in [0.29, 0.717) is 10.5 Å². The third-order valence-electron chi connectivity index (χ3n) is 5.35. The molecule has 1 aliphatic rings. The Morgan fingerprint density at radius 3 is 2.60 bits per heavy atom. The van der Waals surface area contributed by atoms with Crippen LogP contribution in [-0.2, 0) is 9.53 Å². The van der Waals surface area contributed by atoms with Gasteiger partial charge < -0.3 is 14.2 Å². The molecule has 0 radical (unpaired) electrons. The Labute approximate surface area is 207 Å². The molecule has 4 rings (SSSR count). The lowest BCUT2D eigenvalue weighted by molar-refractivity contribution is -0.385. The predicted octanol–water partition coefficient (Wildman–Crippen LogP) is 2.79. The van der Waals surface area contributed by atoms with Gasteiger partial charge in [-0.05, 0) is 37.4 Å².